The lowest BCUT2D eigenvalue weighted by Gasteiger charge is -2.33. The number of nitrogens with two attached hydrogens (primary N) is 1. The van der Waals surface area contributed by atoms with E-state index in [0.717, 1.165) is 31.6 Å². The van der Waals surface area contributed by atoms with Gasteiger partial charge in [-0.2, -0.15) is 0 Å². The standard InChI is InChI=1S/C12H16FIN2O/c13-9-5-12(11(15)6-10(9)14)16-3-1-8(7-17)2-4-16/h5-6,8,17H,1-4,7,15H2. The average molecular weight is 350 g/mol. The molecule has 1 aliphatic rings. The lowest BCUT2D eigenvalue weighted by molar-refractivity contribution is 0.203. The summed E-state index contributed by atoms with van der Waals surface area (Å²) in [6.07, 6.45) is 1.87. The molecule has 0 saturated carbocycles. The quantitative estimate of drug-likeness (QED) is 0.635. The van der Waals surface area contributed by atoms with E-state index in [1.807, 2.05) is 22.6 Å². The molecular weight excluding hydrogens is 334 g/mol. The monoisotopic (exact) mass is 350 g/mol. The molecule has 3 N–H and O–H groups in total. The third kappa shape index (κ3) is 2.82. The molecule has 1 heterocycles. The molecule has 2 rings (SSSR count). The Balaban J connectivity index is 2.16. The van der Waals surface area contributed by atoms with E-state index in [1.54, 1.807) is 6.07 Å². The molecule has 0 unspecified atom stereocenters. The Morgan fingerprint density at radius 1 is 1.41 bits per heavy atom. The Morgan fingerprint density at radius 3 is 2.65 bits per heavy atom. The fraction of sp³-hybridized carbons (Fsp3) is 0.500. The first kappa shape index (κ1) is 12.9. The molecule has 0 aliphatic carbocycles. The Labute approximate surface area is 114 Å². The summed E-state index contributed by atoms with van der Waals surface area (Å²) >= 11 is 1.94. The van der Waals surface area contributed by atoms with Crippen molar-refractivity contribution in [2.24, 2.45) is 5.92 Å². The van der Waals surface area contributed by atoms with E-state index in [1.165, 1.54) is 6.07 Å². The first-order chi connectivity index (χ1) is 8.11. The van der Waals surface area contributed by atoms with Gasteiger partial charge in [0.15, 0.2) is 0 Å². The van der Waals surface area contributed by atoms with E-state index in [2.05, 4.69) is 4.90 Å². The van der Waals surface area contributed by atoms with Crippen LogP contribution >= 0.6 is 22.6 Å². The van der Waals surface area contributed by atoms with Gasteiger partial charge in [0, 0.05) is 25.8 Å². The molecule has 1 saturated heterocycles. The van der Waals surface area contributed by atoms with E-state index < -0.39 is 0 Å². The molecular formula is C12H16FIN2O. The summed E-state index contributed by atoms with van der Waals surface area (Å²) in [4.78, 5) is 2.10. The van der Waals surface area contributed by atoms with Crippen LogP contribution in [0.3, 0.4) is 0 Å². The van der Waals surface area contributed by atoms with Gasteiger partial charge in [-0.3, -0.25) is 0 Å². The molecule has 1 fully saturated rings. The maximum Gasteiger partial charge on any atom is 0.138 e. The molecule has 5 heteroatoms. The van der Waals surface area contributed by atoms with Crippen LogP contribution in [-0.2, 0) is 0 Å². The molecule has 0 aromatic heterocycles. The summed E-state index contributed by atoms with van der Waals surface area (Å²) in [5.74, 6) is 0.153. The molecule has 0 amide bonds. The van der Waals surface area contributed by atoms with Crippen LogP contribution in [0.25, 0.3) is 0 Å². The highest BCUT2D eigenvalue weighted by atomic mass is 127. The summed E-state index contributed by atoms with van der Waals surface area (Å²) in [5.41, 5.74) is 7.33. The first-order valence-electron chi connectivity index (χ1n) is 5.72. The van der Waals surface area contributed by atoms with Gasteiger partial charge in [0.1, 0.15) is 5.82 Å². The summed E-state index contributed by atoms with van der Waals surface area (Å²) in [6, 6.07) is 3.18. The smallest absolute Gasteiger partial charge is 0.138 e. The number of anilines is 2. The summed E-state index contributed by atoms with van der Waals surface area (Å²) in [5, 5.41) is 9.08. The van der Waals surface area contributed by atoms with Crippen molar-refractivity contribution in [2.45, 2.75) is 12.8 Å². The zero-order valence-electron chi connectivity index (χ0n) is 9.50. The van der Waals surface area contributed by atoms with Gasteiger partial charge < -0.3 is 15.7 Å². The van der Waals surface area contributed by atoms with Crippen LogP contribution in [0.4, 0.5) is 15.8 Å². The Morgan fingerprint density at radius 2 is 2.06 bits per heavy atom. The van der Waals surface area contributed by atoms with E-state index in [-0.39, 0.29) is 12.4 Å². The second-order valence-electron chi connectivity index (χ2n) is 4.44. The third-order valence-corrected chi connectivity index (χ3v) is 4.11. The molecule has 0 radical (unpaired) electrons. The fourth-order valence-corrected chi connectivity index (χ4v) is 2.67. The number of hydrogen-bond donors (Lipinski definition) is 2. The van der Waals surface area contributed by atoms with Crippen LogP contribution in [-0.4, -0.2) is 24.8 Å². The number of aliphatic hydroxyl groups excluding tert-OH is 1. The second-order valence-corrected chi connectivity index (χ2v) is 5.60. The van der Waals surface area contributed by atoms with Gasteiger partial charge in [0.2, 0.25) is 0 Å². The van der Waals surface area contributed by atoms with Crippen molar-refractivity contribution in [3.05, 3.63) is 21.5 Å². The van der Waals surface area contributed by atoms with Gasteiger partial charge in [-0.25, -0.2) is 4.39 Å². The zero-order valence-corrected chi connectivity index (χ0v) is 11.7. The molecule has 94 valence electrons. The molecule has 0 bridgehead atoms. The number of benzene rings is 1. The van der Waals surface area contributed by atoms with Crippen molar-refractivity contribution in [3.63, 3.8) is 0 Å². The lowest BCUT2D eigenvalue weighted by Crippen LogP contribution is -2.35. The summed E-state index contributed by atoms with van der Waals surface area (Å²) < 4.78 is 14.1. The predicted molar refractivity (Wildman–Crippen MR) is 75.6 cm³/mol. The molecule has 0 spiro atoms. The van der Waals surface area contributed by atoms with Crippen molar-refractivity contribution in [3.8, 4) is 0 Å². The zero-order chi connectivity index (χ0) is 12.4. The summed E-state index contributed by atoms with van der Waals surface area (Å²) in [7, 11) is 0. The second kappa shape index (κ2) is 5.39. The maximum atomic E-state index is 13.5. The third-order valence-electron chi connectivity index (χ3n) is 3.28. The van der Waals surface area contributed by atoms with Crippen LogP contribution in [0, 0.1) is 15.3 Å². The number of hydrogen-bond acceptors (Lipinski definition) is 3. The van der Waals surface area contributed by atoms with Crippen LogP contribution in [0.1, 0.15) is 12.8 Å². The molecule has 0 atom stereocenters. The molecule has 1 aromatic carbocycles. The van der Waals surface area contributed by atoms with Crippen molar-refractivity contribution >= 4 is 34.0 Å². The fourth-order valence-electron chi connectivity index (χ4n) is 2.18. The lowest BCUT2D eigenvalue weighted by atomic mass is 9.97. The van der Waals surface area contributed by atoms with E-state index in [4.69, 9.17) is 10.8 Å². The van der Waals surface area contributed by atoms with Gasteiger partial charge in [-0.15, -0.1) is 0 Å². The van der Waals surface area contributed by atoms with E-state index in [9.17, 15) is 4.39 Å². The maximum absolute atomic E-state index is 13.5. The Hall–Kier alpha value is -0.560. The van der Waals surface area contributed by atoms with Crippen molar-refractivity contribution in [2.75, 3.05) is 30.3 Å². The Kier molecular flexibility index (Phi) is 4.09. The minimum atomic E-state index is -0.223. The van der Waals surface area contributed by atoms with Gasteiger partial charge >= 0.3 is 0 Å². The minimum absolute atomic E-state index is 0.223. The Bertz CT molecular complexity index is 406. The van der Waals surface area contributed by atoms with E-state index >= 15 is 0 Å². The highest BCUT2D eigenvalue weighted by Crippen LogP contribution is 2.30. The summed E-state index contributed by atoms with van der Waals surface area (Å²) in [6.45, 7) is 1.90. The predicted octanol–water partition coefficient (Wildman–Crippen LogP) is 2.22. The van der Waals surface area contributed by atoms with Crippen molar-refractivity contribution in [1.82, 2.24) is 0 Å². The first-order valence-corrected chi connectivity index (χ1v) is 6.80. The number of piperidine rings is 1. The molecule has 1 aliphatic heterocycles. The number of nitrogen functional groups attached to an aromatic ring is 1. The SMILES string of the molecule is Nc1cc(I)c(F)cc1N1CCC(CO)CC1. The van der Waals surface area contributed by atoms with Crippen molar-refractivity contribution in [1.29, 1.82) is 0 Å². The topological polar surface area (TPSA) is 49.5 Å². The van der Waals surface area contributed by atoms with E-state index in [0.29, 0.717) is 15.2 Å². The highest BCUT2D eigenvalue weighted by Gasteiger charge is 2.20. The van der Waals surface area contributed by atoms with Crippen LogP contribution < -0.4 is 10.6 Å². The van der Waals surface area contributed by atoms with Gasteiger partial charge in [0.05, 0.1) is 14.9 Å². The van der Waals surface area contributed by atoms with Gasteiger partial charge in [-0.1, -0.05) is 0 Å². The van der Waals surface area contributed by atoms with Crippen LogP contribution in [0.5, 0.6) is 0 Å². The largest absolute Gasteiger partial charge is 0.397 e. The molecule has 1 aromatic rings. The number of rotatable bonds is 2. The van der Waals surface area contributed by atoms with Crippen LogP contribution in [0.2, 0.25) is 0 Å². The number of nitrogens with zero attached hydrogens (tertiary/aromatic N) is 1. The molecule has 17 heavy (non-hydrogen) atoms. The normalized spacial score (nSPS) is 17.5. The number of halogens is 2. The van der Waals surface area contributed by atoms with Crippen LogP contribution in [0.15, 0.2) is 12.1 Å². The highest BCUT2D eigenvalue weighted by molar-refractivity contribution is 14.1. The number of aliphatic hydroxyl groups is 1. The minimum Gasteiger partial charge on any atom is -0.397 e. The molecule has 3 nitrogen and oxygen atoms in total. The van der Waals surface area contributed by atoms with Gasteiger partial charge in [0.25, 0.3) is 0 Å². The average Bonchev–Trinajstić information content (AvgIpc) is 2.34. The van der Waals surface area contributed by atoms with Crippen molar-refractivity contribution < 1.29 is 9.50 Å². The van der Waals surface area contributed by atoms with Gasteiger partial charge in [-0.05, 0) is 47.4 Å².